The van der Waals surface area contributed by atoms with Crippen LogP contribution in [0, 0.1) is 12.0 Å². The number of ether oxygens (including phenoxy) is 1. The zero-order valence-electron chi connectivity index (χ0n) is 28.2. The molecule has 5 rings (SSSR count). The van der Waals surface area contributed by atoms with Gasteiger partial charge in [0.15, 0.2) is 27.9 Å². The van der Waals surface area contributed by atoms with E-state index in [1.54, 1.807) is 0 Å². The van der Waals surface area contributed by atoms with Gasteiger partial charge in [0.1, 0.15) is 39.2 Å². The summed E-state index contributed by atoms with van der Waals surface area (Å²) in [6.07, 6.45) is -1.39. The number of azo groups is 2. The van der Waals surface area contributed by atoms with E-state index in [4.69, 9.17) is 25.2 Å². The normalized spacial score (nSPS) is 12.2. The molecule has 7 N–H and O–H groups in total. The van der Waals surface area contributed by atoms with Crippen LogP contribution in [0.15, 0.2) is 95.8 Å². The van der Waals surface area contributed by atoms with E-state index >= 15 is 0 Å². The minimum Gasteiger partial charge on any atom is -0.505 e. The smallest absolute Gasteiger partial charge is 0.313 e. The lowest BCUT2D eigenvalue weighted by Gasteiger charge is -2.12. The summed E-state index contributed by atoms with van der Waals surface area (Å²) in [5, 5.41) is 54.3. The van der Waals surface area contributed by atoms with E-state index in [1.807, 2.05) is 0 Å². The molecular weight excluding hydrogens is 851 g/mol. The highest BCUT2D eigenvalue weighted by molar-refractivity contribution is 7.94. The van der Waals surface area contributed by atoms with Crippen LogP contribution in [0.1, 0.15) is 0 Å². The number of nitrogens with one attached hydrogen (secondary N) is 1. The number of fused-ring (bicyclic) bond motifs is 1. The molecule has 0 bridgehead atoms. The zero-order chi connectivity index (χ0) is 41.3. The van der Waals surface area contributed by atoms with Crippen LogP contribution in [0.4, 0.5) is 48.7 Å². The molecule has 0 saturated heterocycles. The van der Waals surface area contributed by atoms with Crippen molar-refractivity contribution < 1.29 is 73.5 Å². The van der Waals surface area contributed by atoms with Crippen LogP contribution in [0.5, 0.6) is 11.5 Å². The number of nitrogens with zero attached hydrogens (tertiary/aromatic N) is 6. The van der Waals surface area contributed by atoms with E-state index in [1.165, 1.54) is 37.4 Å². The van der Waals surface area contributed by atoms with Gasteiger partial charge < -0.3 is 20.9 Å². The Morgan fingerprint density at radius 3 is 2.30 bits per heavy atom. The van der Waals surface area contributed by atoms with Gasteiger partial charge in [0.05, 0.1) is 47.0 Å². The summed E-state index contributed by atoms with van der Waals surface area (Å²) in [6, 6.07) is 11.5. The Hall–Kier alpha value is -5.24. The van der Waals surface area contributed by atoms with E-state index in [-0.39, 0.29) is 79.5 Å². The van der Waals surface area contributed by atoms with Crippen LogP contribution >= 0.6 is 24.4 Å². The Morgan fingerprint density at radius 1 is 0.860 bits per heavy atom. The average molecular weight is 875 g/mol. The third kappa shape index (κ3) is 10.8. The van der Waals surface area contributed by atoms with Crippen molar-refractivity contribution in [1.82, 2.24) is 9.97 Å². The first-order valence-corrected chi connectivity index (χ1v) is 19.5. The van der Waals surface area contributed by atoms with Crippen LogP contribution < -0.4 is 15.8 Å². The second kappa shape index (κ2) is 18.8. The molecule has 0 radical (unpaired) electrons. The fourth-order valence-corrected chi connectivity index (χ4v) is 7.23. The summed E-state index contributed by atoms with van der Waals surface area (Å²) in [4.78, 5) is 5.22. The van der Waals surface area contributed by atoms with Gasteiger partial charge in [0.2, 0.25) is 5.95 Å². The van der Waals surface area contributed by atoms with Crippen LogP contribution in [-0.2, 0) is 42.9 Å². The first kappa shape index (κ1) is 42.9. The molecule has 4 aromatic carbocycles. The molecule has 28 heteroatoms. The maximum absolute atomic E-state index is 13.6. The van der Waals surface area contributed by atoms with Gasteiger partial charge >= 0.3 is 6.08 Å². The van der Waals surface area contributed by atoms with E-state index in [2.05, 4.69) is 54.5 Å². The monoisotopic (exact) mass is 874 g/mol. The number of nitrogens with two attached hydrogens (primary N) is 1. The van der Waals surface area contributed by atoms with Crippen LogP contribution in [0.25, 0.3) is 10.8 Å². The minimum absolute atomic E-state index is 0.00000642. The number of benzene rings is 4. The standard InChI is InChI=1S/C29H24F2N8O14S4/c1-48-21-6-3-15(56(43,44)9-8-49-55-53-51-42)11-19(21)36-39-27-22(54-52-50-41)12-17-16(28(27)40)4-5-18(32)26(17)38-37-20-10-14(2-7-23(20)57(45,46)47)33-25-13-24(30)34-29(31)35-25/h2-7,10-13,40-42H,8-9,32H2,1H3,(H,33,34,35)(H,45,46,47)/b38-37+,39-36+. The number of sulfone groups is 1. The molecule has 57 heavy (non-hydrogen) atoms. The van der Waals surface area contributed by atoms with E-state index < -0.39 is 54.1 Å². The molecule has 0 saturated carbocycles. The number of hydrogen-bond acceptors (Lipinski definition) is 23. The number of rotatable bonds is 18. The quantitative estimate of drug-likeness (QED) is 0.00582. The minimum atomic E-state index is -4.92. The lowest BCUT2D eigenvalue weighted by atomic mass is 10.1. The van der Waals surface area contributed by atoms with Crippen LogP contribution in [0.3, 0.4) is 0 Å². The number of aromatic nitrogens is 2. The maximum atomic E-state index is 13.6. The van der Waals surface area contributed by atoms with Crippen molar-refractivity contribution in [2.24, 2.45) is 20.5 Å². The van der Waals surface area contributed by atoms with Gasteiger partial charge in [0, 0.05) is 22.5 Å². The molecule has 22 nitrogen and oxygen atoms in total. The highest BCUT2D eigenvalue weighted by atomic mass is 32.2. The number of aromatic hydroxyl groups is 1. The molecule has 0 unspecified atom stereocenters. The van der Waals surface area contributed by atoms with E-state index in [0.717, 1.165) is 30.3 Å². The van der Waals surface area contributed by atoms with Gasteiger partial charge in [-0.05, 0) is 54.6 Å². The number of phenolic OH excluding ortho intramolecular Hbond substituents is 1. The van der Waals surface area contributed by atoms with Crippen molar-refractivity contribution in [2.45, 2.75) is 14.7 Å². The second-order valence-corrected chi connectivity index (χ2v) is 15.4. The van der Waals surface area contributed by atoms with Crippen molar-refractivity contribution in [2.75, 3.05) is 30.5 Å². The van der Waals surface area contributed by atoms with Gasteiger partial charge in [-0.15, -0.1) is 29.1 Å². The Kier molecular flexibility index (Phi) is 14.1. The van der Waals surface area contributed by atoms with Gasteiger partial charge in [-0.1, -0.05) is 10.1 Å². The van der Waals surface area contributed by atoms with Gasteiger partial charge in [0.25, 0.3) is 10.1 Å². The number of phenols is 1. The first-order chi connectivity index (χ1) is 27.1. The van der Waals surface area contributed by atoms with Crippen molar-refractivity contribution in [1.29, 1.82) is 0 Å². The highest BCUT2D eigenvalue weighted by Gasteiger charge is 2.22. The molecule has 0 aliphatic carbocycles. The van der Waals surface area contributed by atoms with Crippen molar-refractivity contribution in [3.8, 4) is 11.5 Å². The Balaban J connectivity index is 1.56. The van der Waals surface area contributed by atoms with E-state index in [9.17, 15) is 35.3 Å². The predicted octanol–water partition coefficient (Wildman–Crippen LogP) is 7.23. The number of hydrogen-bond donors (Lipinski definition) is 6. The Morgan fingerprint density at radius 2 is 1.60 bits per heavy atom. The fraction of sp³-hybridized carbons (Fsp3) is 0.103. The van der Waals surface area contributed by atoms with Crippen LogP contribution in [0.2, 0.25) is 0 Å². The molecule has 1 heterocycles. The summed E-state index contributed by atoms with van der Waals surface area (Å²) in [5.74, 6) is -2.60. The third-order valence-corrected chi connectivity index (χ3v) is 10.7. The number of halogens is 2. The van der Waals surface area contributed by atoms with Gasteiger partial charge in [-0.3, -0.25) is 8.74 Å². The van der Waals surface area contributed by atoms with Crippen LogP contribution in [-0.4, -0.2) is 66.4 Å². The van der Waals surface area contributed by atoms with Gasteiger partial charge in [-0.25, -0.2) is 18.9 Å². The summed E-state index contributed by atoms with van der Waals surface area (Å²) >= 11 is 0.516. The zero-order valence-corrected chi connectivity index (χ0v) is 31.5. The molecule has 0 fully saturated rings. The number of methoxy groups -OCH3 is 1. The number of anilines is 3. The third-order valence-electron chi connectivity index (χ3n) is 7.13. The molecule has 1 aromatic heterocycles. The van der Waals surface area contributed by atoms with Gasteiger partial charge in [-0.2, -0.15) is 27.2 Å². The fourth-order valence-electron chi connectivity index (χ4n) is 4.71. The second-order valence-electron chi connectivity index (χ2n) is 10.6. The lowest BCUT2D eigenvalue weighted by molar-refractivity contribution is -0.434. The summed E-state index contributed by atoms with van der Waals surface area (Å²) < 4.78 is 106. The summed E-state index contributed by atoms with van der Waals surface area (Å²) in [5.41, 5.74) is 5.06. The summed E-state index contributed by atoms with van der Waals surface area (Å²) in [7, 11) is -7.62. The molecule has 5 aromatic rings. The molecule has 0 atom stereocenters. The van der Waals surface area contributed by atoms with Crippen molar-refractivity contribution in [3.63, 3.8) is 0 Å². The lowest BCUT2D eigenvalue weighted by Crippen LogP contribution is -2.11. The van der Waals surface area contributed by atoms with E-state index in [0.29, 0.717) is 12.0 Å². The average Bonchev–Trinajstić information content (AvgIpc) is 3.15. The largest absolute Gasteiger partial charge is 0.505 e. The summed E-state index contributed by atoms with van der Waals surface area (Å²) in [6.45, 7) is -0.371. The SMILES string of the molecule is COc1ccc(S(=O)(=O)CCOSOOO)cc1/N=N/c1c(SOOO)cc2c(/N=N/c3cc(Nc4cc(F)nc(F)n4)ccc3S(=O)(=O)O)c(N)ccc2c1O. The molecule has 302 valence electrons. The predicted molar refractivity (Wildman–Crippen MR) is 194 cm³/mol. The first-order valence-electron chi connectivity index (χ1n) is 15.0. The molecule has 0 spiro atoms. The molecular formula is C29H24F2N8O14S4. The highest BCUT2D eigenvalue weighted by Crippen LogP contribution is 2.48. The molecule has 0 amide bonds. The Labute approximate surface area is 327 Å². The topological polar surface area (TPSA) is 318 Å². The Bertz CT molecular complexity index is 2550. The van der Waals surface area contributed by atoms with Crippen molar-refractivity contribution in [3.05, 3.63) is 72.7 Å². The van der Waals surface area contributed by atoms with Crippen molar-refractivity contribution >= 4 is 95.0 Å². The molecule has 0 aliphatic rings. The maximum Gasteiger partial charge on any atom is 0.313 e. The molecule has 0 aliphatic heterocycles. The number of nitrogen functional groups attached to an aromatic ring is 1.